The second-order valence-electron chi connectivity index (χ2n) is 4.80. The van der Waals surface area contributed by atoms with Gasteiger partial charge in [0.15, 0.2) is 11.5 Å². The van der Waals surface area contributed by atoms with Gasteiger partial charge in [-0.2, -0.15) is 0 Å². The minimum atomic E-state index is -0.443. The molecule has 1 fully saturated rings. The van der Waals surface area contributed by atoms with E-state index in [2.05, 4.69) is 0 Å². The fourth-order valence-electron chi connectivity index (χ4n) is 2.18. The molecule has 0 spiro atoms. The van der Waals surface area contributed by atoms with Crippen molar-refractivity contribution >= 4 is 34.6 Å². The van der Waals surface area contributed by atoms with Gasteiger partial charge in [-0.15, -0.1) is 0 Å². The molecule has 0 N–H and O–H groups in total. The maximum atomic E-state index is 11.8. The normalized spacial score (nSPS) is 16.8. The van der Waals surface area contributed by atoms with Crippen LogP contribution in [0, 0.1) is 0 Å². The van der Waals surface area contributed by atoms with Crippen LogP contribution in [-0.2, 0) is 16.1 Å². The van der Waals surface area contributed by atoms with E-state index in [1.54, 1.807) is 12.1 Å². The summed E-state index contributed by atoms with van der Waals surface area (Å²) >= 11 is 7.33. The fourth-order valence-corrected chi connectivity index (χ4v) is 3.29. The first kappa shape index (κ1) is 15.3. The molecule has 1 aromatic carbocycles. The number of hydrogen-bond acceptors (Lipinski definition) is 6. The molecular formula is C14H14ClNO5S. The summed E-state index contributed by atoms with van der Waals surface area (Å²) in [5, 5.41) is 0.341. The van der Waals surface area contributed by atoms with Crippen LogP contribution in [-0.4, -0.2) is 48.2 Å². The van der Waals surface area contributed by atoms with E-state index < -0.39 is 5.97 Å². The topological polar surface area (TPSA) is 65.1 Å². The highest BCUT2D eigenvalue weighted by Gasteiger charge is 2.24. The fraction of sp³-hybridized carbons (Fsp3) is 0.429. The lowest BCUT2D eigenvalue weighted by Crippen LogP contribution is -2.30. The van der Waals surface area contributed by atoms with Gasteiger partial charge in [0.25, 0.3) is 5.24 Å². The van der Waals surface area contributed by atoms with Crippen LogP contribution in [0.2, 0.25) is 5.02 Å². The van der Waals surface area contributed by atoms with E-state index in [1.807, 2.05) is 0 Å². The molecule has 0 saturated carbocycles. The van der Waals surface area contributed by atoms with Crippen LogP contribution < -0.4 is 9.47 Å². The van der Waals surface area contributed by atoms with Gasteiger partial charge in [0.2, 0.25) is 0 Å². The standard InChI is InChI=1S/C14H14ClNO5S/c15-10-5-9(6-11-13(10)20-3-2-19-11)8-21-12(17)7-16-1-4-22-14(16)18/h5-6H,1-4,7-8H2. The maximum absolute atomic E-state index is 11.8. The number of benzene rings is 1. The number of fused-ring (bicyclic) bond motifs is 1. The Morgan fingerprint density at radius 1 is 1.36 bits per heavy atom. The van der Waals surface area contributed by atoms with Crippen molar-refractivity contribution in [3.05, 3.63) is 22.7 Å². The van der Waals surface area contributed by atoms with E-state index in [-0.39, 0.29) is 18.4 Å². The largest absolute Gasteiger partial charge is 0.486 e. The van der Waals surface area contributed by atoms with Crippen molar-refractivity contribution in [2.24, 2.45) is 0 Å². The van der Waals surface area contributed by atoms with Gasteiger partial charge >= 0.3 is 5.97 Å². The number of carbonyl (C=O) groups is 2. The van der Waals surface area contributed by atoms with Gasteiger partial charge in [-0.1, -0.05) is 23.4 Å². The minimum Gasteiger partial charge on any atom is -0.486 e. The average molecular weight is 344 g/mol. The van der Waals surface area contributed by atoms with Crippen molar-refractivity contribution in [3.8, 4) is 11.5 Å². The Morgan fingerprint density at radius 2 is 2.18 bits per heavy atom. The molecule has 1 aromatic rings. The molecule has 2 heterocycles. The van der Waals surface area contributed by atoms with Crippen LogP contribution in [0.5, 0.6) is 11.5 Å². The van der Waals surface area contributed by atoms with Crippen molar-refractivity contribution in [1.29, 1.82) is 0 Å². The van der Waals surface area contributed by atoms with E-state index in [1.165, 1.54) is 16.7 Å². The number of ether oxygens (including phenoxy) is 3. The zero-order valence-corrected chi connectivity index (χ0v) is 13.2. The van der Waals surface area contributed by atoms with Crippen molar-refractivity contribution < 1.29 is 23.8 Å². The Morgan fingerprint density at radius 3 is 2.95 bits per heavy atom. The highest BCUT2D eigenvalue weighted by Crippen LogP contribution is 2.38. The number of carbonyl (C=O) groups excluding carboxylic acids is 2. The SMILES string of the molecule is O=C(CN1CCSC1=O)OCc1cc(Cl)c2c(c1)OCCO2. The molecule has 0 radical (unpaired) electrons. The lowest BCUT2D eigenvalue weighted by molar-refractivity contribution is -0.145. The maximum Gasteiger partial charge on any atom is 0.326 e. The van der Waals surface area contributed by atoms with Gasteiger partial charge in [-0.3, -0.25) is 9.59 Å². The highest BCUT2D eigenvalue weighted by molar-refractivity contribution is 8.13. The summed E-state index contributed by atoms with van der Waals surface area (Å²) in [5.74, 6) is 1.34. The average Bonchev–Trinajstić information content (AvgIpc) is 2.90. The molecule has 0 aromatic heterocycles. The van der Waals surface area contributed by atoms with Crippen LogP contribution in [0.15, 0.2) is 12.1 Å². The number of hydrogen-bond donors (Lipinski definition) is 0. The molecule has 0 aliphatic carbocycles. The third-order valence-corrected chi connectivity index (χ3v) is 4.39. The van der Waals surface area contributed by atoms with E-state index in [4.69, 9.17) is 25.8 Å². The van der Waals surface area contributed by atoms with E-state index in [0.29, 0.717) is 47.6 Å². The zero-order valence-electron chi connectivity index (χ0n) is 11.7. The van der Waals surface area contributed by atoms with E-state index >= 15 is 0 Å². The summed E-state index contributed by atoms with van der Waals surface area (Å²) in [5.41, 5.74) is 0.713. The van der Waals surface area contributed by atoms with Gasteiger partial charge in [-0.25, -0.2) is 0 Å². The predicted molar refractivity (Wildman–Crippen MR) is 81.7 cm³/mol. The molecule has 2 aliphatic heterocycles. The molecular weight excluding hydrogens is 330 g/mol. The number of esters is 1. The molecule has 0 atom stereocenters. The van der Waals surface area contributed by atoms with Crippen molar-refractivity contribution in [2.75, 3.05) is 32.1 Å². The Kier molecular flexibility index (Phi) is 4.63. The second-order valence-corrected chi connectivity index (χ2v) is 6.25. The summed E-state index contributed by atoms with van der Waals surface area (Å²) in [4.78, 5) is 24.7. The van der Waals surface area contributed by atoms with Crippen LogP contribution in [0.1, 0.15) is 5.56 Å². The Balaban J connectivity index is 1.58. The molecule has 8 heteroatoms. The summed E-state index contributed by atoms with van der Waals surface area (Å²) in [6.45, 7) is 1.55. The Bertz CT molecular complexity index is 609. The number of amides is 1. The lowest BCUT2D eigenvalue weighted by Gasteiger charge is -2.20. The van der Waals surface area contributed by atoms with Crippen LogP contribution in [0.25, 0.3) is 0 Å². The van der Waals surface area contributed by atoms with Crippen molar-refractivity contribution in [1.82, 2.24) is 4.90 Å². The molecule has 1 amide bonds. The van der Waals surface area contributed by atoms with Gasteiger partial charge in [-0.05, 0) is 17.7 Å². The zero-order chi connectivity index (χ0) is 15.5. The second kappa shape index (κ2) is 6.66. The number of nitrogens with zero attached hydrogens (tertiary/aromatic N) is 1. The van der Waals surface area contributed by atoms with Crippen LogP contribution in [0.3, 0.4) is 0 Å². The molecule has 1 saturated heterocycles. The van der Waals surface area contributed by atoms with Gasteiger partial charge in [0.05, 0.1) is 5.02 Å². The third kappa shape index (κ3) is 3.41. The molecule has 22 heavy (non-hydrogen) atoms. The van der Waals surface area contributed by atoms with E-state index in [9.17, 15) is 9.59 Å². The Hall–Kier alpha value is -1.60. The van der Waals surface area contributed by atoms with Crippen molar-refractivity contribution in [3.63, 3.8) is 0 Å². The molecule has 0 bridgehead atoms. The summed E-state index contributed by atoms with van der Waals surface area (Å²) in [7, 11) is 0. The first-order chi connectivity index (χ1) is 10.6. The predicted octanol–water partition coefficient (Wildman–Crippen LogP) is 2.32. The molecule has 6 nitrogen and oxygen atoms in total. The first-order valence-corrected chi connectivity index (χ1v) is 8.15. The quantitative estimate of drug-likeness (QED) is 0.782. The summed E-state index contributed by atoms with van der Waals surface area (Å²) in [6.07, 6.45) is 0. The molecule has 118 valence electrons. The van der Waals surface area contributed by atoms with Crippen molar-refractivity contribution in [2.45, 2.75) is 6.61 Å². The minimum absolute atomic E-state index is 0.0237. The molecule has 3 rings (SSSR count). The van der Waals surface area contributed by atoms with Gasteiger partial charge in [0, 0.05) is 12.3 Å². The van der Waals surface area contributed by atoms with Crippen LogP contribution >= 0.6 is 23.4 Å². The first-order valence-electron chi connectivity index (χ1n) is 6.79. The monoisotopic (exact) mass is 343 g/mol. The van der Waals surface area contributed by atoms with Gasteiger partial charge in [0.1, 0.15) is 26.4 Å². The summed E-state index contributed by atoms with van der Waals surface area (Å²) < 4.78 is 16.1. The lowest BCUT2D eigenvalue weighted by atomic mass is 10.2. The number of thioether (sulfide) groups is 1. The van der Waals surface area contributed by atoms with Gasteiger partial charge < -0.3 is 19.1 Å². The Labute approximate surface area is 136 Å². The number of halogens is 1. The number of rotatable bonds is 4. The smallest absolute Gasteiger partial charge is 0.326 e. The van der Waals surface area contributed by atoms with Crippen LogP contribution in [0.4, 0.5) is 4.79 Å². The molecule has 2 aliphatic rings. The summed E-state index contributed by atoms with van der Waals surface area (Å²) in [6, 6.07) is 3.42. The third-order valence-electron chi connectivity index (χ3n) is 3.22. The molecule has 0 unspecified atom stereocenters. The highest BCUT2D eigenvalue weighted by atomic mass is 35.5. The van der Waals surface area contributed by atoms with E-state index in [0.717, 1.165) is 0 Å².